The molecule has 0 aliphatic heterocycles. The second kappa shape index (κ2) is 75.5. The van der Waals surface area contributed by atoms with Crippen LogP contribution in [-0.4, -0.2) is 96.7 Å². The normalized spacial score (nSPS) is 13.9. The number of rotatable bonds is 83. The van der Waals surface area contributed by atoms with Crippen LogP contribution >= 0.6 is 15.6 Å². The monoisotopic (exact) mass is 1510 g/mol. The molecule has 0 saturated heterocycles. The van der Waals surface area contributed by atoms with E-state index in [-0.39, 0.29) is 25.7 Å². The van der Waals surface area contributed by atoms with Gasteiger partial charge in [-0.3, -0.25) is 37.3 Å². The zero-order chi connectivity index (χ0) is 75.6. The van der Waals surface area contributed by atoms with Crippen LogP contribution in [0.25, 0.3) is 0 Å². The number of aliphatic hydroxyl groups is 1. The molecule has 0 aromatic heterocycles. The van der Waals surface area contributed by atoms with Crippen LogP contribution < -0.4 is 0 Å². The second-order valence-corrected chi connectivity index (χ2v) is 34.1. The largest absolute Gasteiger partial charge is 0.472 e. The topological polar surface area (TPSA) is 237 Å². The lowest BCUT2D eigenvalue weighted by atomic mass is 10.0. The van der Waals surface area contributed by atoms with E-state index in [4.69, 9.17) is 37.0 Å². The zero-order valence-electron chi connectivity index (χ0n) is 67.6. The van der Waals surface area contributed by atoms with Crippen LogP contribution in [0, 0.1) is 11.8 Å². The Balaban J connectivity index is 5.22. The number of carbonyl (C=O) groups is 4. The fourth-order valence-corrected chi connectivity index (χ4v) is 14.6. The van der Waals surface area contributed by atoms with E-state index < -0.39 is 97.5 Å². The molecule has 0 aliphatic rings. The number of aliphatic hydroxyl groups excluding tert-OH is 1. The Kier molecular flexibility index (Phi) is 74.1. The van der Waals surface area contributed by atoms with Crippen molar-refractivity contribution < 1.29 is 80.2 Å². The van der Waals surface area contributed by atoms with Crippen LogP contribution in [0.2, 0.25) is 0 Å². The molecule has 0 aromatic carbocycles. The van der Waals surface area contributed by atoms with Gasteiger partial charge in [0.2, 0.25) is 0 Å². The molecule has 3 N–H and O–H groups in total. The van der Waals surface area contributed by atoms with Gasteiger partial charge < -0.3 is 33.8 Å². The van der Waals surface area contributed by atoms with E-state index in [0.717, 1.165) is 102 Å². The number of esters is 4. The number of carbonyl (C=O) groups excluding carboxylic acids is 4. The molecule has 0 fully saturated rings. The molecule has 5 atom stereocenters. The maximum absolute atomic E-state index is 13.1. The Morgan fingerprint density at radius 1 is 0.262 bits per heavy atom. The van der Waals surface area contributed by atoms with E-state index in [9.17, 15) is 43.2 Å². The van der Waals surface area contributed by atoms with Crippen LogP contribution in [0.1, 0.15) is 446 Å². The lowest BCUT2D eigenvalue weighted by Crippen LogP contribution is -2.30. The molecular formula is C84H164O17P2. The molecule has 0 radical (unpaired) electrons. The van der Waals surface area contributed by atoms with Gasteiger partial charge in [-0.1, -0.05) is 395 Å². The predicted octanol–water partition coefficient (Wildman–Crippen LogP) is 25.5. The number of phosphoric acid groups is 2. The van der Waals surface area contributed by atoms with Crippen molar-refractivity contribution in [3.05, 3.63) is 0 Å². The number of hydrogen-bond donors (Lipinski definition) is 3. The third-order valence-electron chi connectivity index (χ3n) is 19.7. The average molecular weight is 1510 g/mol. The summed E-state index contributed by atoms with van der Waals surface area (Å²) < 4.78 is 68.8. The Morgan fingerprint density at radius 2 is 0.447 bits per heavy atom. The first kappa shape index (κ1) is 101. The van der Waals surface area contributed by atoms with E-state index in [1.807, 2.05) is 0 Å². The third kappa shape index (κ3) is 78.0. The van der Waals surface area contributed by atoms with E-state index >= 15 is 0 Å². The lowest BCUT2D eigenvalue weighted by Gasteiger charge is -2.21. The summed E-state index contributed by atoms with van der Waals surface area (Å²) in [5.41, 5.74) is 0. The zero-order valence-corrected chi connectivity index (χ0v) is 69.4. The number of phosphoric ester groups is 2. The summed E-state index contributed by atoms with van der Waals surface area (Å²) in [6, 6.07) is 0. The number of ether oxygens (including phenoxy) is 4. The Bertz CT molecular complexity index is 1980. The highest BCUT2D eigenvalue weighted by Gasteiger charge is 2.30. The van der Waals surface area contributed by atoms with Crippen molar-refractivity contribution >= 4 is 39.5 Å². The van der Waals surface area contributed by atoms with Gasteiger partial charge in [-0.05, 0) is 37.5 Å². The predicted molar refractivity (Wildman–Crippen MR) is 423 cm³/mol. The highest BCUT2D eigenvalue weighted by Crippen LogP contribution is 2.45. The van der Waals surface area contributed by atoms with Gasteiger partial charge in [-0.25, -0.2) is 9.13 Å². The van der Waals surface area contributed by atoms with Gasteiger partial charge >= 0.3 is 39.5 Å². The van der Waals surface area contributed by atoms with Crippen LogP contribution in [0.5, 0.6) is 0 Å². The molecule has 17 nitrogen and oxygen atoms in total. The van der Waals surface area contributed by atoms with E-state index in [0.29, 0.717) is 31.6 Å². The van der Waals surface area contributed by atoms with Crippen molar-refractivity contribution in [3.8, 4) is 0 Å². The van der Waals surface area contributed by atoms with Crippen LogP contribution in [0.4, 0.5) is 0 Å². The van der Waals surface area contributed by atoms with Gasteiger partial charge in [-0.2, -0.15) is 0 Å². The first-order valence-electron chi connectivity index (χ1n) is 43.5. The van der Waals surface area contributed by atoms with E-state index in [1.54, 1.807) is 0 Å². The molecule has 612 valence electrons. The number of hydrogen-bond acceptors (Lipinski definition) is 15. The molecule has 0 spiro atoms. The molecule has 103 heavy (non-hydrogen) atoms. The van der Waals surface area contributed by atoms with Gasteiger partial charge in [0.1, 0.15) is 19.3 Å². The Labute approximate surface area is 632 Å². The molecular weight excluding hydrogens is 1340 g/mol. The van der Waals surface area contributed by atoms with Crippen molar-refractivity contribution in [2.24, 2.45) is 11.8 Å². The van der Waals surface area contributed by atoms with Crippen molar-refractivity contribution in [1.82, 2.24) is 0 Å². The van der Waals surface area contributed by atoms with E-state index in [1.165, 1.54) is 257 Å². The maximum atomic E-state index is 13.1. The Hall–Kier alpha value is -1.94. The fourth-order valence-electron chi connectivity index (χ4n) is 13.1. The minimum atomic E-state index is -4.96. The molecule has 0 aliphatic carbocycles. The van der Waals surface area contributed by atoms with Crippen LogP contribution in [-0.2, 0) is 65.4 Å². The second-order valence-electron chi connectivity index (χ2n) is 31.2. The van der Waals surface area contributed by atoms with Crippen molar-refractivity contribution in [2.75, 3.05) is 39.6 Å². The molecule has 0 aromatic rings. The Morgan fingerprint density at radius 3 is 0.660 bits per heavy atom. The van der Waals surface area contributed by atoms with E-state index in [2.05, 4.69) is 41.5 Å². The molecule has 0 heterocycles. The molecule has 2 unspecified atom stereocenters. The molecule has 0 bridgehead atoms. The summed E-state index contributed by atoms with van der Waals surface area (Å²) in [7, 11) is -9.92. The van der Waals surface area contributed by atoms with Gasteiger partial charge in [0, 0.05) is 25.7 Å². The lowest BCUT2D eigenvalue weighted by molar-refractivity contribution is -0.161. The first-order chi connectivity index (χ1) is 49.9. The molecule has 0 amide bonds. The standard InChI is InChI=1S/C84H164O17P2/c1-7-9-11-13-15-17-19-21-23-25-26-27-28-29-31-35-40-44-50-57-63-68-83(88)100-79(72-94-81(86)66-60-54-48-42-38-36-32-33-37-41-46-52-58-64-76(3)4)74-98-102(90,91)96-70-78(85)71-97-103(92,93)99-75-80(73-95-82(87)67-61-55-51-45-47-53-59-65-77(5)6)101-84(89)69-62-56-49-43-39-34-30-24-22-20-18-16-14-12-10-8-2/h76-80,85H,7-75H2,1-6H3,(H,90,91)(H,92,93)/t78-,79-,80-/m1/s1. The summed E-state index contributed by atoms with van der Waals surface area (Å²) in [5.74, 6) is -0.609. The molecule has 0 rings (SSSR count). The van der Waals surface area contributed by atoms with Gasteiger partial charge in [0.15, 0.2) is 12.2 Å². The maximum Gasteiger partial charge on any atom is 0.472 e. The third-order valence-corrected chi connectivity index (χ3v) is 21.6. The summed E-state index contributed by atoms with van der Waals surface area (Å²) in [6.07, 6.45) is 66.8. The summed E-state index contributed by atoms with van der Waals surface area (Å²) in [4.78, 5) is 73.1. The van der Waals surface area contributed by atoms with Crippen molar-refractivity contribution in [3.63, 3.8) is 0 Å². The van der Waals surface area contributed by atoms with Gasteiger partial charge in [-0.15, -0.1) is 0 Å². The van der Waals surface area contributed by atoms with Crippen molar-refractivity contribution in [2.45, 2.75) is 464 Å². The highest BCUT2D eigenvalue weighted by molar-refractivity contribution is 7.47. The fraction of sp³-hybridized carbons (Fsp3) is 0.952. The van der Waals surface area contributed by atoms with Gasteiger partial charge in [0.05, 0.1) is 26.4 Å². The summed E-state index contributed by atoms with van der Waals surface area (Å²) in [5, 5.41) is 10.7. The SMILES string of the molecule is CCCCCCCCCCCCCCCCCCCCCCCC(=O)O[C@H](COC(=O)CCCCCCCCCCCCCCCC(C)C)COP(=O)(O)OC[C@@H](O)COP(=O)(O)OC[C@@H](COC(=O)CCCCCCCCCC(C)C)OC(=O)CCCCCCCCCCCCCCCCCC. The average Bonchev–Trinajstić information content (AvgIpc) is 0.912. The summed E-state index contributed by atoms with van der Waals surface area (Å²) >= 11 is 0. The summed E-state index contributed by atoms with van der Waals surface area (Å²) in [6.45, 7) is 9.62. The van der Waals surface area contributed by atoms with Crippen LogP contribution in [0.15, 0.2) is 0 Å². The minimum Gasteiger partial charge on any atom is -0.462 e. The molecule has 0 saturated carbocycles. The minimum absolute atomic E-state index is 0.108. The van der Waals surface area contributed by atoms with Crippen molar-refractivity contribution in [1.29, 1.82) is 0 Å². The highest BCUT2D eigenvalue weighted by atomic mass is 31.2. The smallest absolute Gasteiger partial charge is 0.462 e. The number of unbranched alkanes of at least 4 members (excludes halogenated alkanes) is 53. The van der Waals surface area contributed by atoms with Gasteiger partial charge in [0.25, 0.3) is 0 Å². The molecule has 19 heteroatoms. The first-order valence-corrected chi connectivity index (χ1v) is 46.5. The quantitative estimate of drug-likeness (QED) is 0.0222. The van der Waals surface area contributed by atoms with Crippen LogP contribution in [0.3, 0.4) is 0 Å².